The normalized spacial score (nSPS) is 21.3. The van der Waals surface area contributed by atoms with E-state index in [0.717, 1.165) is 24.3 Å². The summed E-state index contributed by atoms with van der Waals surface area (Å²) < 4.78 is 0. The topological polar surface area (TPSA) is 57.6 Å². The van der Waals surface area contributed by atoms with Crippen LogP contribution in [-0.4, -0.2) is 34.5 Å². The van der Waals surface area contributed by atoms with Gasteiger partial charge >= 0.3 is 5.97 Å². The molecule has 1 aliphatic heterocycles. The van der Waals surface area contributed by atoms with E-state index in [2.05, 4.69) is 25.2 Å². The highest BCUT2D eigenvalue weighted by Gasteiger charge is 2.28. The highest BCUT2D eigenvalue weighted by Crippen LogP contribution is 2.36. The zero-order valence-corrected chi connectivity index (χ0v) is 14.6. The lowest BCUT2D eigenvalue weighted by Gasteiger charge is -2.22. The number of rotatable bonds is 7. The average Bonchev–Trinajstić information content (AvgIpc) is 3.39. The van der Waals surface area contributed by atoms with E-state index in [4.69, 9.17) is 5.11 Å². The number of likely N-dealkylation sites (tertiary alicyclic amines) is 1. The predicted molar refractivity (Wildman–Crippen MR) is 97.5 cm³/mol. The van der Waals surface area contributed by atoms with Gasteiger partial charge in [0.2, 0.25) is 5.91 Å². The van der Waals surface area contributed by atoms with Gasteiger partial charge in [0.25, 0.3) is 0 Å². The van der Waals surface area contributed by atoms with Crippen LogP contribution in [0.4, 0.5) is 0 Å². The van der Waals surface area contributed by atoms with Gasteiger partial charge in [-0.25, -0.2) is 4.79 Å². The molecule has 1 atom stereocenters. The van der Waals surface area contributed by atoms with Crippen molar-refractivity contribution < 1.29 is 14.7 Å². The van der Waals surface area contributed by atoms with Crippen LogP contribution in [0.2, 0.25) is 0 Å². The summed E-state index contributed by atoms with van der Waals surface area (Å²) in [5, 5.41) is 8.94. The van der Waals surface area contributed by atoms with Crippen LogP contribution >= 0.6 is 0 Å². The van der Waals surface area contributed by atoms with Crippen LogP contribution in [0.3, 0.4) is 0 Å². The van der Waals surface area contributed by atoms with Crippen molar-refractivity contribution in [1.82, 2.24) is 4.90 Å². The number of nitrogens with zero attached hydrogens (tertiary/aromatic N) is 1. The zero-order chi connectivity index (χ0) is 17.8. The maximum atomic E-state index is 12.2. The van der Waals surface area contributed by atoms with Crippen LogP contribution in [0.15, 0.2) is 48.1 Å². The zero-order valence-electron chi connectivity index (χ0n) is 14.6. The number of hydrogen-bond donors (Lipinski definition) is 1. The first-order valence-electron chi connectivity index (χ1n) is 9.01. The van der Waals surface area contributed by atoms with Gasteiger partial charge in [0.1, 0.15) is 0 Å². The van der Waals surface area contributed by atoms with Crippen LogP contribution in [0.25, 0.3) is 0 Å². The third-order valence-electron chi connectivity index (χ3n) is 5.13. The molecular weight excluding hydrogens is 314 g/mol. The number of aromatic carboxylic acids is 1. The van der Waals surface area contributed by atoms with E-state index in [1.807, 2.05) is 17.0 Å². The van der Waals surface area contributed by atoms with Crippen molar-refractivity contribution in [3.05, 3.63) is 59.2 Å². The van der Waals surface area contributed by atoms with E-state index in [-0.39, 0.29) is 11.9 Å². The summed E-state index contributed by atoms with van der Waals surface area (Å²) in [6, 6.07) is 7.07. The van der Waals surface area contributed by atoms with E-state index < -0.39 is 5.97 Å². The number of benzene rings is 1. The second-order valence-corrected chi connectivity index (χ2v) is 7.02. The molecule has 0 aromatic heterocycles. The lowest BCUT2D eigenvalue weighted by atomic mass is 10.1. The Balaban J connectivity index is 1.57. The van der Waals surface area contributed by atoms with Crippen molar-refractivity contribution in [3.8, 4) is 0 Å². The molecule has 1 saturated heterocycles. The number of amides is 1. The van der Waals surface area contributed by atoms with Crippen LogP contribution in [-0.2, 0) is 11.2 Å². The summed E-state index contributed by atoms with van der Waals surface area (Å²) in [7, 11) is 0. The number of allylic oxidation sites excluding steroid dienone is 3. The average molecular weight is 339 g/mol. The Morgan fingerprint density at radius 3 is 2.60 bits per heavy atom. The van der Waals surface area contributed by atoms with Crippen molar-refractivity contribution >= 4 is 11.9 Å². The van der Waals surface area contributed by atoms with Crippen molar-refractivity contribution in [1.29, 1.82) is 0 Å². The molecule has 0 spiro atoms. The summed E-state index contributed by atoms with van der Waals surface area (Å²) in [6.07, 6.45) is 11.3. The summed E-state index contributed by atoms with van der Waals surface area (Å²) >= 11 is 0. The molecule has 2 aliphatic rings. The SMILES string of the molecule is C/C(=C\C=C\[C@H]1CCC(=O)N1CCc1ccc(C(=O)O)cc1)C1CC1. The number of carbonyl (C=O) groups excluding carboxylic acids is 1. The molecule has 1 aliphatic carbocycles. The van der Waals surface area contributed by atoms with Crippen LogP contribution < -0.4 is 0 Å². The van der Waals surface area contributed by atoms with Crippen LogP contribution in [0.5, 0.6) is 0 Å². The highest BCUT2D eigenvalue weighted by molar-refractivity contribution is 5.87. The molecule has 25 heavy (non-hydrogen) atoms. The molecule has 0 bridgehead atoms. The van der Waals surface area contributed by atoms with E-state index in [1.165, 1.54) is 18.4 Å². The predicted octanol–water partition coefficient (Wildman–Crippen LogP) is 3.83. The largest absolute Gasteiger partial charge is 0.478 e. The van der Waals surface area contributed by atoms with Crippen LogP contribution in [0.1, 0.15) is 48.5 Å². The second kappa shape index (κ2) is 7.68. The first kappa shape index (κ1) is 17.5. The fourth-order valence-corrected chi connectivity index (χ4v) is 3.32. The summed E-state index contributed by atoms with van der Waals surface area (Å²) in [4.78, 5) is 25.0. The van der Waals surface area contributed by atoms with Gasteiger partial charge < -0.3 is 10.0 Å². The van der Waals surface area contributed by atoms with Crippen molar-refractivity contribution in [3.63, 3.8) is 0 Å². The van der Waals surface area contributed by atoms with Crippen molar-refractivity contribution in [2.45, 2.75) is 45.1 Å². The molecule has 1 aromatic rings. The minimum Gasteiger partial charge on any atom is -0.478 e. The minimum atomic E-state index is -0.916. The highest BCUT2D eigenvalue weighted by atomic mass is 16.4. The quantitative estimate of drug-likeness (QED) is 0.768. The monoisotopic (exact) mass is 339 g/mol. The fraction of sp³-hybridized carbons (Fsp3) is 0.429. The van der Waals surface area contributed by atoms with Gasteiger partial charge in [-0.3, -0.25) is 4.79 Å². The van der Waals surface area contributed by atoms with E-state index in [1.54, 1.807) is 12.1 Å². The number of carbonyl (C=O) groups is 2. The van der Waals surface area contributed by atoms with E-state index in [9.17, 15) is 9.59 Å². The van der Waals surface area contributed by atoms with E-state index in [0.29, 0.717) is 18.5 Å². The van der Waals surface area contributed by atoms with Gasteiger partial charge in [-0.15, -0.1) is 0 Å². The Kier molecular flexibility index (Phi) is 5.37. The molecule has 3 rings (SSSR count). The molecule has 0 radical (unpaired) electrons. The molecule has 132 valence electrons. The standard InChI is InChI=1S/C21H25NO3/c1-15(17-9-10-17)3-2-4-19-11-12-20(23)22(19)14-13-16-5-7-18(8-6-16)21(24)25/h2-8,17,19H,9-14H2,1H3,(H,24,25)/b4-2+,15-3+/t19-/m0/s1. The fourth-order valence-electron chi connectivity index (χ4n) is 3.32. The number of carboxylic acid groups (broad SMARTS) is 1. The van der Waals surface area contributed by atoms with Crippen LogP contribution in [0, 0.1) is 5.92 Å². The Bertz CT molecular complexity index is 698. The molecule has 0 unspecified atom stereocenters. The Morgan fingerprint density at radius 2 is 1.96 bits per heavy atom. The lowest BCUT2D eigenvalue weighted by molar-refractivity contribution is -0.128. The van der Waals surface area contributed by atoms with Gasteiger partial charge in [-0.2, -0.15) is 0 Å². The molecule has 1 saturated carbocycles. The molecule has 1 amide bonds. The first-order chi connectivity index (χ1) is 12.0. The van der Waals surface area contributed by atoms with Crippen molar-refractivity contribution in [2.75, 3.05) is 6.54 Å². The summed E-state index contributed by atoms with van der Waals surface area (Å²) in [5.41, 5.74) is 2.78. The second-order valence-electron chi connectivity index (χ2n) is 7.02. The number of carboxylic acids is 1. The molecule has 1 aromatic carbocycles. The molecule has 4 nitrogen and oxygen atoms in total. The lowest BCUT2D eigenvalue weighted by Crippen LogP contribution is -2.33. The van der Waals surface area contributed by atoms with Gasteiger partial charge in [-0.05, 0) is 56.2 Å². The van der Waals surface area contributed by atoms with Gasteiger partial charge in [0, 0.05) is 13.0 Å². The maximum absolute atomic E-state index is 12.2. The summed E-state index contributed by atoms with van der Waals surface area (Å²) in [6.45, 7) is 2.85. The molecule has 1 N–H and O–H groups in total. The molecule has 2 fully saturated rings. The smallest absolute Gasteiger partial charge is 0.335 e. The van der Waals surface area contributed by atoms with Gasteiger partial charge in [-0.1, -0.05) is 35.9 Å². The van der Waals surface area contributed by atoms with Crippen molar-refractivity contribution in [2.24, 2.45) is 5.92 Å². The Hall–Kier alpha value is -2.36. The maximum Gasteiger partial charge on any atom is 0.335 e. The van der Waals surface area contributed by atoms with E-state index >= 15 is 0 Å². The minimum absolute atomic E-state index is 0.175. The third kappa shape index (κ3) is 4.59. The Labute approximate surface area is 148 Å². The van der Waals surface area contributed by atoms with Gasteiger partial charge in [0.05, 0.1) is 11.6 Å². The Morgan fingerprint density at radius 1 is 1.24 bits per heavy atom. The third-order valence-corrected chi connectivity index (χ3v) is 5.13. The summed E-state index contributed by atoms with van der Waals surface area (Å²) in [5.74, 6) is 0.0699. The number of hydrogen-bond acceptors (Lipinski definition) is 2. The first-order valence-corrected chi connectivity index (χ1v) is 9.01. The molecule has 4 heteroatoms. The van der Waals surface area contributed by atoms with Gasteiger partial charge in [0.15, 0.2) is 0 Å². The molecular formula is C21H25NO3. The molecule has 1 heterocycles.